The van der Waals surface area contributed by atoms with Crippen molar-refractivity contribution in [1.29, 1.82) is 0 Å². The summed E-state index contributed by atoms with van der Waals surface area (Å²) in [6.45, 7) is 0. The molecule has 0 unspecified atom stereocenters. The third kappa shape index (κ3) is 1.50. The predicted molar refractivity (Wildman–Crippen MR) is 79.4 cm³/mol. The molecule has 4 aromatic rings. The number of para-hydroxylation sites is 1. The summed E-state index contributed by atoms with van der Waals surface area (Å²) in [5.74, 6) is -0.981. The fourth-order valence-corrected chi connectivity index (χ4v) is 3.36. The molecule has 0 radical (unpaired) electrons. The monoisotopic (exact) mass is 280 g/mol. The third-order valence-corrected chi connectivity index (χ3v) is 4.30. The van der Waals surface area contributed by atoms with Crippen LogP contribution in [0.2, 0.25) is 0 Å². The number of fused-ring (bicyclic) bond motifs is 4. The Kier molecular flexibility index (Phi) is 2.25. The Balaban J connectivity index is 2.21. The zero-order valence-corrected chi connectivity index (χ0v) is 11.0. The van der Waals surface area contributed by atoms with Crippen molar-refractivity contribution in [3.8, 4) is 0 Å². The molecule has 0 saturated heterocycles. The second kappa shape index (κ2) is 3.98. The fourth-order valence-electron chi connectivity index (χ4n) is 2.34. The molecule has 20 heavy (non-hydrogen) atoms. The van der Waals surface area contributed by atoms with Crippen molar-refractivity contribution >= 4 is 48.8 Å². The summed E-state index contributed by atoms with van der Waals surface area (Å²) < 4.78 is 1.11. The van der Waals surface area contributed by atoms with Crippen molar-refractivity contribution in [2.24, 2.45) is 0 Å². The minimum Gasteiger partial charge on any atom is -0.478 e. The summed E-state index contributed by atoms with van der Waals surface area (Å²) in [7, 11) is 0. The van der Waals surface area contributed by atoms with E-state index < -0.39 is 5.97 Å². The second-order valence-electron chi connectivity index (χ2n) is 4.45. The molecule has 2 aromatic carbocycles. The van der Waals surface area contributed by atoms with Gasteiger partial charge in [-0.3, -0.25) is 0 Å². The second-order valence-corrected chi connectivity index (χ2v) is 5.48. The molecule has 0 saturated carbocycles. The van der Waals surface area contributed by atoms with Gasteiger partial charge in [0.25, 0.3) is 0 Å². The van der Waals surface area contributed by atoms with Crippen LogP contribution in [0, 0.1) is 0 Å². The van der Waals surface area contributed by atoms with Crippen LogP contribution >= 0.6 is 11.3 Å². The average molecular weight is 280 g/mol. The Bertz CT molecular complexity index is 991. The van der Waals surface area contributed by atoms with Crippen molar-refractivity contribution in [2.75, 3.05) is 0 Å². The van der Waals surface area contributed by atoms with Crippen molar-refractivity contribution in [3.63, 3.8) is 0 Å². The highest BCUT2D eigenvalue weighted by molar-refractivity contribution is 7.25. The molecule has 5 heteroatoms. The molecule has 0 spiro atoms. The number of aromatic nitrogens is 2. The number of hydrogen-bond donors (Lipinski definition) is 1. The largest absolute Gasteiger partial charge is 0.478 e. The highest BCUT2D eigenvalue weighted by Crippen LogP contribution is 2.32. The quantitative estimate of drug-likeness (QED) is 0.577. The molecule has 0 bridgehead atoms. The van der Waals surface area contributed by atoms with Gasteiger partial charge in [-0.05, 0) is 18.2 Å². The van der Waals surface area contributed by atoms with Crippen LogP contribution < -0.4 is 0 Å². The molecule has 0 amide bonds. The summed E-state index contributed by atoms with van der Waals surface area (Å²) in [5, 5.41) is 10.3. The molecule has 4 nitrogen and oxygen atoms in total. The number of rotatable bonds is 1. The van der Waals surface area contributed by atoms with E-state index in [4.69, 9.17) is 0 Å². The van der Waals surface area contributed by atoms with E-state index in [1.54, 1.807) is 18.2 Å². The molecule has 1 N–H and O–H groups in total. The van der Waals surface area contributed by atoms with Crippen molar-refractivity contribution in [2.45, 2.75) is 0 Å². The maximum absolute atomic E-state index is 11.3. The maximum Gasteiger partial charge on any atom is 0.337 e. The van der Waals surface area contributed by atoms with E-state index in [0.717, 1.165) is 20.4 Å². The van der Waals surface area contributed by atoms with Gasteiger partial charge in [-0.15, -0.1) is 11.3 Å². The van der Waals surface area contributed by atoms with Gasteiger partial charge in [-0.1, -0.05) is 24.3 Å². The van der Waals surface area contributed by atoms with Gasteiger partial charge in [0.1, 0.15) is 15.9 Å². The van der Waals surface area contributed by atoms with E-state index in [9.17, 15) is 9.90 Å². The maximum atomic E-state index is 11.3. The lowest BCUT2D eigenvalue weighted by molar-refractivity contribution is 0.0699. The van der Waals surface area contributed by atoms with Crippen molar-refractivity contribution in [1.82, 2.24) is 9.97 Å². The summed E-state index contributed by atoms with van der Waals surface area (Å²) in [4.78, 5) is 21.1. The number of aromatic carboxylic acids is 1. The lowest BCUT2D eigenvalue weighted by Crippen LogP contribution is -1.99. The molecular formula is C15H8N2O2S. The van der Waals surface area contributed by atoms with Gasteiger partial charge in [0.15, 0.2) is 0 Å². The van der Waals surface area contributed by atoms with Crippen LogP contribution in [0.1, 0.15) is 10.4 Å². The van der Waals surface area contributed by atoms with Crippen LogP contribution in [0.15, 0.2) is 42.5 Å². The normalized spacial score (nSPS) is 11.4. The molecule has 0 aliphatic rings. The van der Waals surface area contributed by atoms with Gasteiger partial charge in [-0.2, -0.15) is 0 Å². The van der Waals surface area contributed by atoms with Gasteiger partial charge in [0.2, 0.25) is 0 Å². The summed E-state index contributed by atoms with van der Waals surface area (Å²) in [5.41, 5.74) is 2.08. The lowest BCUT2D eigenvalue weighted by Gasteiger charge is -2.01. The molecule has 4 rings (SSSR count). The van der Waals surface area contributed by atoms with Crippen LogP contribution in [0.25, 0.3) is 31.5 Å². The van der Waals surface area contributed by atoms with Crippen LogP contribution in [-0.4, -0.2) is 21.0 Å². The number of benzene rings is 2. The van der Waals surface area contributed by atoms with E-state index in [1.165, 1.54) is 11.3 Å². The molecule has 2 aromatic heterocycles. The van der Waals surface area contributed by atoms with Gasteiger partial charge < -0.3 is 5.11 Å². The van der Waals surface area contributed by atoms with Crippen LogP contribution in [0.4, 0.5) is 0 Å². The fraction of sp³-hybridized carbons (Fsp3) is 0. The first-order valence-corrected chi connectivity index (χ1v) is 6.87. The highest BCUT2D eigenvalue weighted by Gasteiger charge is 2.14. The SMILES string of the molecule is O=C(O)c1cccc2nc3c(nc12)sc1ccccc13. The van der Waals surface area contributed by atoms with E-state index >= 15 is 0 Å². The summed E-state index contributed by atoms with van der Waals surface area (Å²) >= 11 is 1.53. The Morgan fingerprint density at radius 3 is 2.70 bits per heavy atom. The van der Waals surface area contributed by atoms with Crippen molar-refractivity contribution < 1.29 is 9.90 Å². The van der Waals surface area contributed by atoms with Crippen molar-refractivity contribution in [3.05, 3.63) is 48.0 Å². The Labute approximate surface area is 117 Å². The van der Waals surface area contributed by atoms with E-state index in [1.807, 2.05) is 24.3 Å². The third-order valence-electron chi connectivity index (χ3n) is 3.24. The number of carbonyl (C=O) groups is 1. The van der Waals surface area contributed by atoms with E-state index in [2.05, 4.69) is 9.97 Å². The van der Waals surface area contributed by atoms with Crippen LogP contribution in [0.3, 0.4) is 0 Å². The zero-order valence-electron chi connectivity index (χ0n) is 10.2. The number of thiophene rings is 1. The van der Waals surface area contributed by atoms with E-state index in [0.29, 0.717) is 11.0 Å². The standard InChI is InChI=1S/C15H8N2O2S/c18-15(19)9-5-3-6-10-12(9)17-14-13(16-10)8-4-1-2-7-11(8)20-14/h1-7H,(H,18,19). The first-order valence-electron chi connectivity index (χ1n) is 6.05. The minimum atomic E-state index is -0.981. The number of nitrogens with zero attached hydrogens (tertiary/aromatic N) is 2. The molecule has 0 atom stereocenters. The van der Waals surface area contributed by atoms with Crippen LogP contribution in [-0.2, 0) is 0 Å². The molecule has 0 fully saturated rings. The van der Waals surface area contributed by atoms with Crippen LogP contribution in [0.5, 0.6) is 0 Å². The lowest BCUT2D eigenvalue weighted by atomic mass is 10.1. The number of carboxylic acid groups (broad SMARTS) is 1. The molecule has 2 heterocycles. The Morgan fingerprint density at radius 2 is 1.85 bits per heavy atom. The average Bonchev–Trinajstić information content (AvgIpc) is 2.81. The Morgan fingerprint density at radius 1 is 1.00 bits per heavy atom. The number of carboxylic acids is 1. The summed E-state index contributed by atoms with van der Waals surface area (Å²) in [6.07, 6.45) is 0. The first-order chi connectivity index (χ1) is 9.74. The van der Waals surface area contributed by atoms with Gasteiger partial charge in [0.05, 0.1) is 11.1 Å². The van der Waals surface area contributed by atoms with Gasteiger partial charge in [0, 0.05) is 10.1 Å². The summed E-state index contributed by atoms with van der Waals surface area (Å²) in [6, 6.07) is 13.0. The smallest absolute Gasteiger partial charge is 0.337 e. The van der Waals surface area contributed by atoms with Gasteiger partial charge in [-0.25, -0.2) is 14.8 Å². The topological polar surface area (TPSA) is 63.1 Å². The molecule has 0 aliphatic carbocycles. The highest BCUT2D eigenvalue weighted by atomic mass is 32.1. The molecule has 0 aliphatic heterocycles. The first kappa shape index (κ1) is 11.3. The molecular weight excluding hydrogens is 272 g/mol. The van der Waals surface area contributed by atoms with Gasteiger partial charge >= 0.3 is 5.97 Å². The minimum absolute atomic E-state index is 0.189. The van der Waals surface area contributed by atoms with E-state index in [-0.39, 0.29) is 5.56 Å². The zero-order chi connectivity index (χ0) is 13.7. The predicted octanol–water partition coefficient (Wildman–Crippen LogP) is 3.70. The molecule has 96 valence electrons. The Hall–Kier alpha value is -2.53. The number of hydrogen-bond acceptors (Lipinski definition) is 4.